The maximum Gasteiger partial charge on any atom is 0.183 e. The number of anilines is 1. The molecule has 0 fully saturated rings. The molecule has 0 aliphatic heterocycles. The molecule has 0 saturated carbocycles. The Labute approximate surface area is 110 Å². The number of nitrogens with one attached hydrogen (secondary N) is 3. The fraction of sp³-hybridized carbons (Fsp3) is 0.0667. The number of H-pyrrole nitrogens is 2. The molecular formula is C15H14N3O+. The van der Waals surface area contributed by atoms with Gasteiger partial charge in [-0.3, -0.25) is 4.79 Å². The van der Waals surface area contributed by atoms with E-state index in [9.17, 15) is 4.79 Å². The normalized spacial score (nSPS) is 10.5. The zero-order valence-electron chi connectivity index (χ0n) is 10.3. The van der Waals surface area contributed by atoms with Crippen molar-refractivity contribution in [1.29, 1.82) is 0 Å². The molecule has 94 valence electrons. The molecule has 3 aromatic rings. The summed E-state index contributed by atoms with van der Waals surface area (Å²) in [5, 5.41) is 4.08. The van der Waals surface area contributed by atoms with Gasteiger partial charge >= 0.3 is 0 Å². The molecule has 0 spiro atoms. The van der Waals surface area contributed by atoms with Gasteiger partial charge in [0.15, 0.2) is 18.2 Å². The van der Waals surface area contributed by atoms with Gasteiger partial charge in [0.25, 0.3) is 0 Å². The Morgan fingerprint density at radius 1 is 1.16 bits per heavy atom. The maximum atomic E-state index is 12.2. The summed E-state index contributed by atoms with van der Waals surface area (Å²) >= 11 is 0. The van der Waals surface area contributed by atoms with E-state index in [2.05, 4.69) is 15.3 Å². The van der Waals surface area contributed by atoms with Crippen molar-refractivity contribution in [3.63, 3.8) is 0 Å². The minimum absolute atomic E-state index is 0.0743. The van der Waals surface area contributed by atoms with Gasteiger partial charge in [0.2, 0.25) is 0 Å². The number of benzene rings is 1. The van der Waals surface area contributed by atoms with E-state index in [4.69, 9.17) is 0 Å². The van der Waals surface area contributed by atoms with E-state index in [1.54, 1.807) is 6.20 Å². The lowest BCUT2D eigenvalue weighted by Crippen LogP contribution is -2.14. The number of fused-ring (bicyclic) bond motifs is 1. The van der Waals surface area contributed by atoms with Crippen LogP contribution in [0.1, 0.15) is 10.4 Å². The van der Waals surface area contributed by atoms with E-state index in [1.165, 1.54) is 0 Å². The predicted molar refractivity (Wildman–Crippen MR) is 74.1 cm³/mol. The molecule has 0 amide bonds. The number of carbonyl (C=O) groups excluding carboxylic acids is 1. The van der Waals surface area contributed by atoms with Crippen molar-refractivity contribution in [2.45, 2.75) is 0 Å². The Kier molecular flexibility index (Phi) is 2.98. The Morgan fingerprint density at radius 2 is 1.95 bits per heavy atom. The number of rotatable bonds is 4. The summed E-state index contributed by atoms with van der Waals surface area (Å²) in [5.41, 5.74) is 2.64. The Balaban J connectivity index is 1.77. The van der Waals surface area contributed by atoms with Crippen LogP contribution in [0.15, 0.2) is 55.0 Å². The summed E-state index contributed by atoms with van der Waals surface area (Å²) in [6, 6.07) is 11.6. The first-order valence-corrected chi connectivity index (χ1v) is 6.14. The first kappa shape index (κ1) is 11.5. The highest BCUT2D eigenvalue weighted by atomic mass is 16.1. The summed E-state index contributed by atoms with van der Waals surface area (Å²) < 4.78 is 0. The largest absolute Gasteiger partial charge is 0.377 e. The van der Waals surface area contributed by atoms with Crippen molar-refractivity contribution < 1.29 is 9.78 Å². The average Bonchev–Trinajstić information content (AvgIpc) is 2.90. The van der Waals surface area contributed by atoms with E-state index in [-0.39, 0.29) is 12.3 Å². The van der Waals surface area contributed by atoms with Gasteiger partial charge in [-0.15, -0.1) is 0 Å². The molecule has 1 aromatic carbocycles. The third kappa shape index (κ3) is 2.33. The summed E-state index contributed by atoms with van der Waals surface area (Å²) in [6.07, 6.45) is 5.41. The minimum atomic E-state index is 0.0743. The van der Waals surface area contributed by atoms with Gasteiger partial charge in [-0.25, -0.2) is 4.98 Å². The smallest absolute Gasteiger partial charge is 0.183 e. The van der Waals surface area contributed by atoms with E-state index in [0.29, 0.717) is 0 Å². The van der Waals surface area contributed by atoms with E-state index < -0.39 is 0 Å². The van der Waals surface area contributed by atoms with Crippen LogP contribution < -0.4 is 10.3 Å². The Morgan fingerprint density at radius 3 is 2.79 bits per heavy atom. The molecule has 3 rings (SSSR count). The molecule has 0 saturated heterocycles. The van der Waals surface area contributed by atoms with E-state index >= 15 is 0 Å². The number of para-hydroxylation sites is 1. The molecule has 2 aromatic heterocycles. The van der Waals surface area contributed by atoms with E-state index in [0.717, 1.165) is 22.2 Å². The minimum Gasteiger partial charge on any atom is -0.377 e. The number of Topliss-reactive ketones (excluding diaryl/α,β-unsaturated/α-hetero) is 1. The van der Waals surface area contributed by atoms with Crippen molar-refractivity contribution in [1.82, 2.24) is 4.98 Å². The Bertz CT molecular complexity index is 703. The zero-order chi connectivity index (χ0) is 13.1. The van der Waals surface area contributed by atoms with Gasteiger partial charge in [0.05, 0.1) is 6.54 Å². The fourth-order valence-electron chi connectivity index (χ4n) is 2.08. The van der Waals surface area contributed by atoms with Gasteiger partial charge in [-0.05, 0) is 6.07 Å². The molecule has 0 radical (unpaired) electrons. The average molecular weight is 252 g/mol. The number of hydrogen-bond donors (Lipinski definition) is 2. The number of aromatic nitrogens is 2. The van der Waals surface area contributed by atoms with Crippen LogP contribution in [0.4, 0.5) is 5.69 Å². The maximum absolute atomic E-state index is 12.2. The first-order chi connectivity index (χ1) is 9.34. The summed E-state index contributed by atoms with van der Waals surface area (Å²) in [4.78, 5) is 18.3. The highest BCUT2D eigenvalue weighted by Crippen LogP contribution is 2.18. The lowest BCUT2D eigenvalue weighted by Gasteiger charge is -2.03. The van der Waals surface area contributed by atoms with E-state index in [1.807, 2.05) is 48.8 Å². The first-order valence-electron chi connectivity index (χ1n) is 6.14. The predicted octanol–water partition coefficient (Wildman–Crippen LogP) is 2.28. The number of aromatic amines is 2. The third-order valence-electron chi connectivity index (χ3n) is 3.06. The number of carbonyl (C=O) groups is 1. The zero-order valence-corrected chi connectivity index (χ0v) is 10.3. The highest BCUT2D eigenvalue weighted by Gasteiger charge is 2.11. The van der Waals surface area contributed by atoms with Crippen LogP contribution in [0.25, 0.3) is 10.9 Å². The molecule has 2 heterocycles. The second kappa shape index (κ2) is 4.94. The van der Waals surface area contributed by atoms with Crippen LogP contribution in [-0.4, -0.2) is 17.3 Å². The highest BCUT2D eigenvalue weighted by molar-refractivity contribution is 6.09. The van der Waals surface area contributed by atoms with Gasteiger partial charge in [0, 0.05) is 40.5 Å². The van der Waals surface area contributed by atoms with Gasteiger partial charge in [-0.1, -0.05) is 18.2 Å². The molecule has 0 bridgehead atoms. The van der Waals surface area contributed by atoms with Crippen molar-refractivity contribution in [3.05, 3.63) is 60.6 Å². The molecular weight excluding hydrogens is 238 g/mol. The summed E-state index contributed by atoms with van der Waals surface area (Å²) in [7, 11) is 0. The molecule has 4 nitrogen and oxygen atoms in total. The summed E-state index contributed by atoms with van der Waals surface area (Å²) in [5.74, 6) is 0.0743. The second-order valence-electron chi connectivity index (χ2n) is 4.31. The molecule has 0 unspecified atom stereocenters. The molecule has 0 aliphatic rings. The van der Waals surface area contributed by atoms with Crippen LogP contribution >= 0.6 is 0 Å². The number of ketones is 1. The van der Waals surface area contributed by atoms with Crippen LogP contribution in [0.2, 0.25) is 0 Å². The van der Waals surface area contributed by atoms with Crippen molar-refractivity contribution >= 4 is 22.4 Å². The summed E-state index contributed by atoms with van der Waals surface area (Å²) in [6.45, 7) is 0.284. The fourth-order valence-corrected chi connectivity index (χ4v) is 2.08. The monoisotopic (exact) mass is 252 g/mol. The molecule has 3 N–H and O–H groups in total. The standard InChI is InChI=1S/C15H13N3O/c19-15(10-17-11-5-7-16-8-6-11)13-9-18-14-4-2-1-3-12(13)14/h1-9,18H,10H2,(H,16,17)/p+1. The quantitative estimate of drug-likeness (QED) is 0.700. The third-order valence-corrected chi connectivity index (χ3v) is 3.06. The topological polar surface area (TPSA) is 59.0 Å². The van der Waals surface area contributed by atoms with Gasteiger partial charge in [-0.2, -0.15) is 0 Å². The molecule has 19 heavy (non-hydrogen) atoms. The second-order valence-corrected chi connectivity index (χ2v) is 4.31. The lowest BCUT2D eigenvalue weighted by molar-refractivity contribution is -0.377. The van der Waals surface area contributed by atoms with Crippen molar-refractivity contribution in [2.75, 3.05) is 11.9 Å². The molecule has 4 heteroatoms. The molecule has 0 atom stereocenters. The number of hydrogen-bond acceptors (Lipinski definition) is 2. The van der Waals surface area contributed by atoms with Crippen molar-refractivity contribution in [2.24, 2.45) is 0 Å². The van der Waals surface area contributed by atoms with Crippen molar-refractivity contribution in [3.8, 4) is 0 Å². The lowest BCUT2D eigenvalue weighted by atomic mass is 10.1. The SMILES string of the molecule is O=C(CNc1cc[nH+]cc1)c1c[nH]c2ccccc12. The van der Waals surface area contributed by atoms with Crippen LogP contribution in [0.5, 0.6) is 0 Å². The van der Waals surface area contributed by atoms with Gasteiger partial charge < -0.3 is 10.3 Å². The van der Waals surface area contributed by atoms with Gasteiger partial charge in [0.1, 0.15) is 0 Å². The van der Waals surface area contributed by atoms with Crippen LogP contribution in [0.3, 0.4) is 0 Å². The van der Waals surface area contributed by atoms with Crippen LogP contribution in [0, 0.1) is 0 Å². The molecule has 0 aliphatic carbocycles. The number of pyridine rings is 1. The van der Waals surface area contributed by atoms with Crippen LogP contribution in [-0.2, 0) is 0 Å². The Hall–Kier alpha value is -2.62.